The fourth-order valence-corrected chi connectivity index (χ4v) is 3.58. The van der Waals surface area contributed by atoms with Crippen LogP contribution < -0.4 is 10.5 Å². The lowest BCUT2D eigenvalue weighted by Gasteiger charge is -2.20. The van der Waals surface area contributed by atoms with Crippen molar-refractivity contribution in [1.29, 1.82) is 0 Å². The SMILES string of the molecule is CC(C)C(CN)NS(=O)(=O)c1ccc(Cl)c(F)c1Cl. The Bertz CT molecular complexity index is 564. The minimum atomic E-state index is -3.95. The van der Waals surface area contributed by atoms with Crippen LogP contribution in [-0.2, 0) is 10.0 Å². The predicted octanol–water partition coefficient (Wildman–Crippen LogP) is 2.39. The number of benzene rings is 1. The zero-order valence-electron chi connectivity index (χ0n) is 10.5. The number of sulfonamides is 1. The molecule has 0 spiro atoms. The second kappa shape index (κ2) is 6.37. The van der Waals surface area contributed by atoms with Crippen LogP contribution in [0.2, 0.25) is 10.0 Å². The van der Waals surface area contributed by atoms with E-state index in [1.807, 2.05) is 13.8 Å². The summed E-state index contributed by atoms with van der Waals surface area (Å²) in [4.78, 5) is -0.352. The molecule has 0 bridgehead atoms. The topological polar surface area (TPSA) is 72.2 Å². The summed E-state index contributed by atoms with van der Waals surface area (Å²) in [6, 6.07) is 1.84. The first-order valence-corrected chi connectivity index (χ1v) is 7.80. The molecular weight excluding hydrogens is 314 g/mol. The maximum absolute atomic E-state index is 13.5. The van der Waals surface area contributed by atoms with Crippen LogP contribution in [0.3, 0.4) is 0 Å². The molecule has 19 heavy (non-hydrogen) atoms. The van der Waals surface area contributed by atoms with Gasteiger partial charge in [0.15, 0.2) is 5.82 Å². The van der Waals surface area contributed by atoms with Crippen LogP contribution in [0.5, 0.6) is 0 Å². The van der Waals surface area contributed by atoms with Crippen molar-refractivity contribution in [2.75, 3.05) is 6.54 Å². The fraction of sp³-hybridized carbons (Fsp3) is 0.455. The molecule has 1 rings (SSSR count). The minimum absolute atomic E-state index is 0.00398. The number of hydrogen-bond donors (Lipinski definition) is 2. The molecule has 0 aliphatic rings. The second-order valence-corrected chi connectivity index (χ2v) is 6.85. The van der Waals surface area contributed by atoms with Gasteiger partial charge in [0, 0.05) is 12.6 Å². The quantitative estimate of drug-likeness (QED) is 0.815. The van der Waals surface area contributed by atoms with Crippen LogP contribution in [0.25, 0.3) is 0 Å². The molecule has 108 valence electrons. The highest BCUT2D eigenvalue weighted by Crippen LogP contribution is 2.29. The first-order chi connectivity index (χ1) is 8.70. The van der Waals surface area contributed by atoms with E-state index in [0.717, 1.165) is 12.1 Å². The van der Waals surface area contributed by atoms with Crippen LogP contribution in [-0.4, -0.2) is 21.0 Å². The summed E-state index contributed by atoms with van der Waals surface area (Å²) in [6.45, 7) is 3.78. The second-order valence-electron chi connectivity index (χ2n) is 4.38. The zero-order valence-corrected chi connectivity index (χ0v) is 12.8. The highest BCUT2D eigenvalue weighted by Gasteiger charge is 2.25. The summed E-state index contributed by atoms with van der Waals surface area (Å²) >= 11 is 11.2. The van der Waals surface area contributed by atoms with E-state index in [0.29, 0.717) is 0 Å². The van der Waals surface area contributed by atoms with Crippen molar-refractivity contribution in [3.63, 3.8) is 0 Å². The molecule has 4 nitrogen and oxygen atoms in total. The van der Waals surface area contributed by atoms with E-state index in [4.69, 9.17) is 28.9 Å². The maximum Gasteiger partial charge on any atom is 0.242 e. The van der Waals surface area contributed by atoms with Gasteiger partial charge in [-0.1, -0.05) is 37.0 Å². The van der Waals surface area contributed by atoms with E-state index in [2.05, 4.69) is 4.72 Å². The van der Waals surface area contributed by atoms with E-state index in [1.165, 1.54) is 0 Å². The van der Waals surface area contributed by atoms with Gasteiger partial charge in [0.25, 0.3) is 0 Å². The Labute approximate surface area is 122 Å². The molecule has 0 aliphatic heterocycles. The molecule has 0 aromatic heterocycles. The van der Waals surface area contributed by atoms with E-state index < -0.39 is 26.9 Å². The van der Waals surface area contributed by atoms with E-state index in [-0.39, 0.29) is 22.4 Å². The number of rotatable bonds is 5. The van der Waals surface area contributed by atoms with Gasteiger partial charge in [-0.3, -0.25) is 0 Å². The molecule has 1 aromatic carbocycles. The maximum atomic E-state index is 13.5. The van der Waals surface area contributed by atoms with Crippen LogP contribution >= 0.6 is 23.2 Å². The molecule has 0 heterocycles. The lowest BCUT2D eigenvalue weighted by atomic mass is 10.1. The van der Waals surface area contributed by atoms with Gasteiger partial charge in [-0.05, 0) is 18.1 Å². The highest BCUT2D eigenvalue weighted by molar-refractivity contribution is 7.89. The van der Waals surface area contributed by atoms with Gasteiger partial charge < -0.3 is 5.73 Å². The summed E-state index contributed by atoms with van der Waals surface area (Å²) in [5, 5.41) is -0.761. The van der Waals surface area contributed by atoms with Crippen LogP contribution in [0, 0.1) is 11.7 Å². The molecule has 0 fully saturated rings. The lowest BCUT2D eigenvalue weighted by molar-refractivity contribution is 0.454. The molecule has 1 aromatic rings. The summed E-state index contributed by atoms with van der Waals surface area (Å²) in [6.07, 6.45) is 0. The number of nitrogens with two attached hydrogens (primary N) is 1. The van der Waals surface area contributed by atoms with Gasteiger partial charge >= 0.3 is 0 Å². The van der Waals surface area contributed by atoms with Crippen molar-refractivity contribution >= 4 is 33.2 Å². The first-order valence-electron chi connectivity index (χ1n) is 5.56. The Kier molecular flexibility index (Phi) is 5.58. The van der Waals surface area contributed by atoms with Crippen molar-refractivity contribution < 1.29 is 12.8 Å². The molecule has 0 amide bonds. The zero-order chi connectivity index (χ0) is 14.8. The van der Waals surface area contributed by atoms with Crippen LogP contribution in [0.4, 0.5) is 4.39 Å². The van der Waals surface area contributed by atoms with Gasteiger partial charge in [-0.15, -0.1) is 0 Å². The standard InChI is InChI=1S/C11H15Cl2FN2O2S/c1-6(2)8(5-15)16-19(17,18)9-4-3-7(12)11(14)10(9)13/h3-4,6,8,16H,5,15H2,1-2H3. The smallest absolute Gasteiger partial charge is 0.242 e. The number of nitrogens with one attached hydrogen (secondary N) is 1. The Morgan fingerprint density at radius 3 is 2.42 bits per heavy atom. The summed E-state index contributed by atoms with van der Waals surface area (Å²) < 4.78 is 40.2. The summed E-state index contributed by atoms with van der Waals surface area (Å²) in [5.74, 6) is -0.962. The minimum Gasteiger partial charge on any atom is -0.329 e. The van der Waals surface area contributed by atoms with Gasteiger partial charge in [0.2, 0.25) is 10.0 Å². The highest BCUT2D eigenvalue weighted by atomic mass is 35.5. The van der Waals surface area contributed by atoms with Crippen molar-refractivity contribution in [2.24, 2.45) is 11.7 Å². The Balaban J connectivity index is 3.18. The van der Waals surface area contributed by atoms with Crippen molar-refractivity contribution in [1.82, 2.24) is 4.72 Å². The molecular formula is C11H15Cl2FN2O2S. The summed E-state index contributed by atoms with van der Waals surface area (Å²) in [7, 11) is -3.95. The van der Waals surface area contributed by atoms with Crippen molar-refractivity contribution in [3.8, 4) is 0 Å². The Morgan fingerprint density at radius 1 is 1.37 bits per heavy atom. The fourth-order valence-electron chi connectivity index (χ4n) is 1.43. The normalized spacial score (nSPS) is 13.8. The molecule has 8 heteroatoms. The first kappa shape index (κ1) is 16.7. The van der Waals surface area contributed by atoms with Crippen LogP contribution in [0.15, 0.2) is 17.0 Å². The van der Waals surface area contributed by atoms with E-state index in [1.54, 1.807) is 0 Å². The van der Waals surface area contributed by atoms with Gasteiger partial charge in [-0.2, -0.15) is 0 Å². The van der Waals surface area contributed by atoms with Gasteiger partial charge in [0.1, 0.15) is 4.90 Å². The van der Waals surface area contributed by atoms with Crippen molar-refractivity contribution in [3.05, 3.63) is 28.0 Å². The number of halogens is 3. The van der Waals surface area contributed by atoms with Crippen molar-refractivity contribution in [2.45, 2.75) is 24.8 Å². The van der Waals surface area contributed by atoms with E-state index >= 15 is 0 Å². The Morgan fingerprint density at radius 2 is 1.95 bits per heavy atom. The predicted molar refractivity (Wildman–Crippen MR) is 74.4 cm³/mol. The monoisotopic (exact) mass is 328 g/mol. The van der Waals surface area contributed by atoms with Crippen LogP contribution in [0.1, 0.15) is 13.8 Å². The Hall–Kier alpha value is -0.400. The molecule has 3 N–H and O–H groups in total. The average Bonchev–Trinajstić information content (AvgIpc) is 2.32. The molecule has 0 aliphatic carbocycles. The largest absolute Gasteiger partial charge is 0.329 e. The molecule has 0 radical (unpaired) electrons. The molecule has 1 unspecified atom stereocenters. The number of hydrogen-bond acceptors (Lipinski definition) is 3. The van der Waals surface area contributed by atoms with Gasteiger partial charge in [0.05, 0.1) is 10.0 Å². The third-order valence-corrected chi connectivity index (χ3v) is 4.96. The lowest BCUT2D eigenvalue weighted by Crippen LogP contribution is -2.43. The molecule has 0 saturated heterocycles. The third-order valence-electron chi connectivity index (χ3n) is 2.65. The van der Waals surface area contributed by atoms with E-state index in [9.17, 15) is 12.8 Å². The molecule has 0 saturated carbocycles. The summed E-state index contributed by atoms with van der Waals surface area (Å²) in [5.41, 5.74) is 5.50. The van der Waals surface area contributed by atoms with Gasteiger partial charge in [-0.25, -0.2) is 17.5 Å². The molecule has 1 atom stereocenters. The average molecular weight is 329 g/mol. The third kappa shape index (κ3) is 3.79.